The lowest BCUT2D eigenvalue weighted by atomic mass is 10.2. The van der Waals surface area contributed by atoms with E-state index in [0.717, 1.165) is 34.8 Å². The molecule has 0 aliphatic carbocycles. The summed E-state index contributed by atoms with van der Waals surface area (Å²) in [6.45, 7) is 3.50. The minimum absolute atomic E-state index is 0.0667. The molecule has 128 valence electrons. The Bertz CT molecular complexity index is 655. The first-order chi connectivity index (χ1) is 10.6. The number of hydrogen-bond donors (Lipinski definition) is 1. The van der Waals surface area contributed by atoms with Gasteiger partial charge in [0.25, 0.3) is 0 Å². The van der Waals surface area contributed by atoms with Gasteiger partial charge in [0.1, 0.15) is 0 Å². The van der Waals surface area contributed by atoms with Gasteiger partial charge < -0.3 is 5.32 Å². The third-order valence-corrected chi connectivity index (χ3v) is 4.06. The zero-order valence-corrected chi connectivity index (χ0v) is 13.2. The number of amides is 1. The van der Waals surface area contributed by atoms with Gasteiger partial charge in [-0.3, -0.25) is 9.10 Å². The van der Waals surface area contributed by atoms with Gasteiger partial charge in [-0.2, -0.15) is 13.2 Å². The lowest BCUT2D eigenvalue weighted by Gasteiger charge is -2.22. The van der Waals surface area contributed by atoms with Gasteiger partial charge in [0.2, 0.25) is 15.9 Å². The van der Waals surface area contributed by atoms with Gasteiger partial charge in [0, 0.05) is 19.5 Å². The number of benzene rings is 1. The third-order valence-electron chi connectivity index (χ3n) is 2.87. The Morgan fingerprint density at radius 3 is 2.30 bits per heavy atom. The minimum atomic E-state index is -4.50. The van der Waals surface area contributed by atoms with Gasteiger partial charge >= 0.3 is 6.18 Å². The maximum absolute atomic E-state index is 12.5. The second-order valence-electron chi connectivity index (χ2n) is 4.72. The van der Waals surface area contributed by atoms with Crippen molar-refractivity contribution in [3.8, 4) is 0 Å². The zero-order chi connectivity index (χ0) is 17.7. The number of nitrogens with one attached hydrogen (secondary N) is 1. The summed E-state index contributed by atoms with van der Waals surface area (Å²) in [5.41, 5.74) is -0.810. The summed E-state index contributed by atoms with van der Waals surface area (Å²) in [5, 5.41) is 2.49. The molecule has 0 aliphatic heterocycles. The van der Waals surface area contributed by atoms with E-state index in [1.165, 1.54) is 6.08 Å². The molecule has 1 rings (SSSR count). The van der Waals surface area contributed by atoms with E-state index in [1.807, 2.05) is 0 Å². The average molecular weight is 350 g/mol. The second-order valence-corrected chi connectivity index (χ2v) is 6.63. The standard InChI is InChI=1S/C14H17F3N2O3S/c1-3-9-18-13(20)8-10-19(23(2,21)22)12-6-4-11(5-7-12)14(15,16)17/h3-7H,1,8-10H2,2H3,(H,18,20). The Morgan fingerprint density at radius 2 is 1.87 bits per heavy atom. The van der Waals surface area contributed by atoms with Crippen LogP contribution in [0.1, 0.15) is 12.0 Å². The van der Waals surface area contributed by atoms with Crippen molar-refractivity contribution < 1.29 is 26.4 Å². The average Bonchev–Trinajstić information content (AvgIpc) is 2.43. The van der Waals surface area contributed by atoms with Crippen molar-refractivity contribution >= 4 is 21.6 Å². The summed E-state index contributed by atoms with van der Waals surface area (Å²) in [6, 6.07) is 3.72. The van der Waals surface area contributed by atoms with E-state index in [0.29, 0.717) is 0 Å². The zero-order valence-electron chi connectivity index (χ0n) is 12.4. The highest BCUT2D eigenvalue weighted by molar-refractivity contribution is 7.92. The van der Waals surface area contributed by atoms with E-state index < -0.39 is 21.8 Å². The molecular formula is C14H17F3N2O3S. The van der Waals surface area contributed by atoms with Crippen LogP contribution in [0.25, 0.3) is 0 Å². The highest BCUT2D eigenvalue weighted by atomic mass is 32.2. The van der Waals surface area contributed by atoms with E-state index in [2.05, 4.69) is 11.9 Å². The number of carbonyl (C=O) groups excluding carboxylic acids is 1. The molecule has 0 radical (unpaired) electrons. The largest absolute Gasteiger partial charge is 0.416 e. The fourth-order valence-corrected chi connectivity index (χ4v) is 2.71. The molecule has 0 aromatic heterocycles. The number of sulfonamides is 1. The first kappa shape index (κ1) is 19.0. The molecule has 0 aliphatic rings. The SMILES string of the molecule is C=CCNC(=O)CCN(c1ccc(C(F)(F)F)cc1)S(C)(=O)=O. The van der Waals surface area contributed by atoms with Crippen molar-refractivity contribution in [3.05, 3.63) is 42.5 Å². The molecule has 5 nitrogen and oxygen atoms in total. The molecule has 9 heteroatoms. The number of nitrogens with zero attached hydrogens (tertiary/aromatic N) is 1. The molecule has 23 heavy (non-hydrogen) atoms. The second kappa shape index (κ2) is 7.49. The molecule has 1 amide bonds. The van der Waals surface area contributed by atoms with E-state index in [1.54, 1.807) is 0 Å². The van der Waals surface area contributed by atoms with Crippen molar-refractivity contribution in [3.63, 3.8) is 0 Å². The first-order valence-electron chi connectivity index (χ1n) is 6.58. The molecule has 0 fully saturated rings. The molecule has 0 spiro atoms. The molecule has 0 unspecified atom stereocenters. The Morgan fingerprint density at radius 1 is 1.30 bits per heavy atom. The number of anilines is 1. The van der Waals surface area contributed by atoms with Crippen molar-refractivity contribution in [2.24, 2.45) is 0 Å². The molecule has 1 aromatic carbocycles. The van der Waals surface area contributed by atoms with Crippen LogP contribution in [0, 0.1) is 0 Å². The van der Waals surface area contributed by atoms with Crippen LogP contribution in [-0.2, 0) is 21.0 Å². The Balaban J connectivity index is 2.91. The molecule has 0 saturated heterocycles. The van der Waals surface area contributed by atoms with Crippen LogP contribution in [0.4, 0.5) is 18.9 Å². The van der Waals surface area contributed by atoms with E-state index in [9.17, 15) is 26.4 Å². The number of alkyl halides is 3. The topological polar surface area (TPSA) is 66.5 Å². The maximum Gasteiger partial charge on any atom is 0.416 e. The molecule has 0 atom stereocenters. The Hall–Kier alpha value is -2.03. The predicted molar refractivity (Wildman–Crippen MR) is 81.5 cm³/mol. The number of hydrogen-bond acceptors (Lipinski definition) is 3. The van der Waals surface area contributed by atoms with Gasteiger partial charge in [-0.15, -0.1) is 6.58 Å². The van der Waals surface area contributed by atoms with Crippen LogP contribution in [0.5, 0.6) is 0 Å². The van der Waals surface area contributed by atoms with E-state index >= 15 is 0 Å². The van der Waals surface area contributed by atoms with Crippen LogP contribution in [0.2, 0.25) is 0 Å². The quantitative estimate of drug-likeness (QED) is 0.767. The summed E-state index contributed by atoms with van der Waals surface area (Å²) in [5.74, 6) is -0.384. The Kier molecular flexibility index (Phi) is 6.20. The summed E-state index contributed by atoms with van der Waals surface area (Å²) >= 11 is 0. The van der Waals surface area contributed by atoms with Crippen LogP contribution in [-0.4, -0.2) is 33.7 Å². The Labute approximate surface area is 132 Å². The molecular weight excluding hydrogens is 333 g/mol. The van der Waals surface area contributed by atoms with Gasteiger partial charge in [0.05, 0.1) is 17.5 Å². The molecule has 0 saturated carbocycles. The van der Waals surface area contributed by atoms with Crippen molar-refractivity contribution in [1.29, 1.82) is 0 Å². The predicted octanol–water partition coefficient (Wildman–Crippen LogP) is 2.16. The minimum Gasteiger partial charge on any atom is -0.353 e. The van der Waals surface area contributed by atoms with Gasteiger partial charge in [-0.05, 0) is 24.3 Å². The van der Waals surface area contributed by atoms with Gasteiger partial charge in [-0.1, -0.05) is 6.08 Å². The van der Waals surface area contributed by atoms with Crippen LogP contribution in [0.15, 0.2) is 36.9 Å². The molecule has 1 aromatic rings. The molecule has 1 N–H and O–H groups in total. The van der Waals surface area contributed by atoms with Crippen LogP contribution >= 0.6 is 0 Å². The third kappa shape index (κ3) is 5.93. The monoisotopic (exact) mass is 350 g/mol. The summed E-state index contributed by atoms with van der Waals surface area (Å²) in [4.78, 5) is 11.5. The highest BCUT2D eigenvalue weighted by Crippen LogP contribution is 2.30. The van der Waals surface area contributed by atoms with Crippen molar-refractivity contribution in [1.82, 2.24) is 5.32 Å². The lowest BCUT2D eigenvalue weighted by Crippen LogP contribution is -2.34. The summed E-state index contributed by atoms with van der Waals surface area (Å²) in [7, 11) is -3.73. The van der Waals surface area contributed by atoms with Crippen LogP contribution in [0.3, 0.4) is 0 Å². The number of rotatable bonds is 7. The fourth-order valence-electron chi connectivity index (χ4n) is 1.78. The van der Waals surface area contributed by atoms with Crippen molar-refractivity contribution in [2.75, 3.05) is 23.7 Å². The number of halogens is 3. The van der Waals surface area contributed by atoms with Gasteiger partial charge in [0.15, 0.2) is 0 Å². The summed E-state index contributed by atoms with van der Waals surface area (Å²) in [6.07, 6.45) is -2.23. The normalized spacial score (nSPS) is 11.8. The fraction of sp³-hybridized carbons (Fsp3) is 0.357. The van der Waals surface area contributed by atoms with Gasteiger partial charge in [-0.25, -0.2) is 8.42 Å². The van der Waals surface area contributed by atoms with Crippen molar-refractivity contribution in [2.45, 2.75) is 12.6 Å². The molecule has 0 bridgehead atoms. The van der Waals surface area contributed by atoms with E-state index in [-0.39, 0.29) is 31.1 Å². The molecule has 0 heterocycles. The first-order valence-corrected chi connectivity index (χ1v) is 8.43. The summed E-state index contributed by atoms with van der Waals surface area (Å²) < 4.78 is 62.1. The maximum atomic E-state index is 12.5. The lowest BCUT2D eigenvalue weighted by molar-refractivity contribution is -0.137. The number of carbonyl (C=O) groups is 1. The smallest absolute Gasteiger partial charge is 0.353 e. The highest BCUT2D eigenvalue weighted by Gasteiger charge is 2.30. The van der Waals surface area contributed by atoms with Crippen LogP contribution < -0.4 is 9.62 Å². The van der Waals surface area contributed by atoms with E-state index in [4.69, 9.17) is 0 Å².